The summed E-state index contributed by atoms with van der Waals surface area (Å²) < 4.78 is 0. The summed E-state index contributed by atoms with van der Waals surface area (Å²) >= 11 is 0. The molecular weight excluding hydrogens is 182 g/mol. The summed E-state index contributed by atoms with van der Waals surface area (Å²) in [4.78, 5) is 13.9. The van der Waals surface area contributed by atoms with Crippen LogP contribution in [0.5, 0.6) is 0 Å². The van der Waals surface area contributed by atoms with E-state index in [-0.39, 0.29) is 5.82 Å². The molecule has 1 fully saturated rings. The Morgan fingerprint density at radius 3 is 3.00 bits per heavy atom. The highest BCUT2D eigenvalue weighted by molar-refractivity contribution is 5.57. The summed E-state index contributed by atoms with van der Waals surface area (Å²) in [7, 11) is 0. The molecule has 1 aromatic rings. The van der Waals surface area contributed by atoms with Crippen molar-refractivity contribution in [3.05, 3.63) is 28.4 Å². The molecule has 1 aliphatic carbocycles. The first-order valence-electron chi connectivity index (χ1n) is 4.54. The lowest BCUT2D eigenvalue weighted by Gasteiger charge is -2.04. The second-order valence-electron chi connectivity index (χ2n) is 3.60. The fourth-order valence-corrected chi connectivity index (χ4v) is 1.38. The smallest absolute Gasteiger partial charge is 0.375 e. The minimum Gasteiger partial charge on any atom is -0.375 e. The highest BCUT2D eigenvalue weighted by atomic mass is 16.6. The van der Waals surface area contributed by atoms with E-state index in [1.165, 1.54) is 6.20 Å². The number of nitrogens with zero attached hydrogens (tertiary/aromatic N) is 2. The Morgan fingerprint density at radius 1 is 1.71 bits per heavy atom. The van der Waals surface area contributed by atoms with Crippen molar-refractivity contribution in [3.63, 3.8) is 0 Å². The van der Waals surface area contributed by atoms with Gasteiger partial charge in [0.15, 0.2) is 0 Å². The van der Waals surface area contributed by atoms with E-state index in [1.807, 2.05) is 0 Å². The number of nitrogens with one attached hydrogen (secondary N) is 1. The Hall–Kier alpha value is -1.65. The van der Waals surface area contributed by atoms with Crippen LogP contribution in [0.1, 0.15) is 13.3 Å². The van der Waals surface area contributed by atoms with Crippen LogP contribution in [-0.4, -0.2) is 15.9 Å². The third-order valence-electron chi connectivity index (χ3n) is 2.41. The largest absolute Gasteiger partial charge is 0.386 e. The third-order valence-corrected chi connectivity index (χ3v) is 2.41. The predicted molar refractivity (Wildman–Crippen MR) is 52.1 cm³/mol. The maximum absolute atomic E-state index is 10.6. The van der Waals surface area contributed by atoms with Gasteiger partial charge in [0.25, 0.3) is 0 Å². The van der Waals surface area contributed by atoms with Crippen LogP contribution in [0.15, 0.2) is 18.3 Å². The Morgan fingerprint density at radius 2 is 2.43 bits per heavy atom. The van der Waals surface area contributed by atoms with Crippen LogP contribution in [0.4, 0.5) is 11.5 Å². The van der Waals surface area contributed by atoms with Crippen LogP contribution in [0.3, 0.4) is 0 Å². The van der Waals surface area contributed by atoms with Crippen molar-refractivity contribution in [1.82, 2.24) is 4.98 Å². The SMILES string of the molecule is CC1CC1Nc1cccnc1[N+](=O)[O-]. The van der Waals surface area contributed by atoms with E-state index >= 15 is 0 Å². The number of nitro groups is 1. The Bertz CT molecular complexity index is 367. The van der Waals surface area contributed by atoms with Crippen LogP contribution in [-0.2, 0) is 0 Å². The minimum atomic E-state index is -0.463. The Kier molecular flexibility index (Phi) is 2.07. The van der Waals surface area contributed by atoms with E-state index < -0.39 is 4.92 Å². The molecular formula is C9H11N3O2. The molecule has 2 atom stereocenters. The average Bonchev–Trinajstić information content (AvgIpc) is 2.82. The van der Waals surface area contributed by atoms with E-state index in [0.29, 0.717) is 17.6 Å². The summed E-state index contributed by atoms with van der Waals surface area (Å²) in [5.41, 5.74) is 0.520. The number of anilines is 1. The van der Waals surface area contributed by atoms with E-state index in [1.54, 1.807) is 12.1 Å². The van der Waals surface area contributed by atoms with Gasteiger partial charge in [-0.1, -0.05) is 6.92 Å². The lowest BCUT2D eigenvalue weighted by atomic mass is 10.3. The summed E-state index contributed by atoms with van der Waals surface area (Å²) in [5, 5.41) is 13.7. The lowest BCUT2D eigenvalue weighted by Crippen LogP contribution is -2.06. The molecule has 1 N–H and O–H groups in total. The molecule has 0 aromatic carbocycles. The fourth-order valence-electron chi connectivity index (χ4n) is 1.38. The zero-order chi connectivity index (χ0) is 10.1. The Labute approximate surface area is 81.3 Å². The molecule has 0 amide bonds. The number of rotatable bonds is 3. The van der Waals surface area contributed by atoms with Crippen LogP contribution in [0, 0.1) is 16.0 Å². The number of hydrogen-bond donors (Lipinski definition) is 1. The number of pyridine rings is 1. The molecule has 1 aromatic heterocycles. The molecule has 1 aliphatic rings. The van der Waals surface area contributed by atoms with Gasteiger partial charge < -0.3 is 15.4 Å². The summed E-state index contributed by atoms with van der Waals surface area (Å²) in [6.45, 7) is 2.11. The van der Waals surface area contributed by atoms with Gasteiger partial charge in [0.1, 0.15) is 11.9 Å². The van der Waals surface area contributed by atoms with Crippen LogP contribution in [0.2, 0.25) is 0 Å². The van der Waals surface area contributed by atoms with Crippen LogP contribution >= 0.6 is 0 Å². The molecule has 5 nitrogen and oxygen atoms in total. The average molecular weight is 193 g/mol. The molecule has 74 valence electrons. The van der Waals surface area contributed by atoms with Gasteiger partial charge in [-0.05, 0) is 34.4 Å². The molecule has 0 spiro atoms. The zero-order valence-electron chi connectivity index (χ0n) is 7.80. The maximum Gasteiger partial charge on any atom is 0.386 e. The van der Waals surface area contributed by atoms with Crippen LogP contribution in [0.25, 0.3) is 0 Å². The molecule has 2 rings (SSSR count). The quantitative estimate of drug-likeness (QED) is 0.587. The molecule has 2 unspecified atom stereocenters. The first-order valence-corrected chi connectivity index (χ1v) is 4.54. The molecule has 0 aliphatic heterocycles. The highest BCUT2D eigenvalue weighted by Gasteiger charge is 2.34. The van der Waals surface area contributed by atoms with Crippen molar-refractivity contribution in [3.8, 4) is 0 Å². The maximum atomic E-state index is 10.6. The zero-order valence-corrected chi connectivity index (χ0v) is 7.80. The molecule has 0 saturated heterocycles. The molecule has 14 heavy (non-hydrogen) atoms. The van der Waals surface area contributed by atoms with Crippen molar-refractivity contribution < 1.29 is 4.92 Å². The second kappa shape index (κ2) is 3.25. The summed E-state index contributed by atoms with van der Waals surface area (Å²) in [5.74, 6) is 0.515. The van der Waals surface area contributed by atoms with E-state index in [2.05, 4.69) is 17.2 Å². The third kappa shape index (κ3) is 1.66. The molecule has 0 radical (unpaired) electrons. The topological polar surface area (TPSA) is 68.1 Å². The van der Waals surface area contributed by atoms with Crippen LogP contribution < -0.4 is 5.32 Å². The van der Waals surface area contributed by atoms with Gasteiger partial charge in [-0.2, -0.15) is 0 Å². The predicted octanol–water partition coefficient (Wildman–Crippen LogP) is 1.81. The van der Waals surface area contributed by atoms with Crippen molar-refractivity contribution in [1.29, 1.82) is 0 Å². The van der Waals surface area contributed by atoms with Crippen molar-refractivity contribution >= 4 is 11.5 Å². The van der Waals surface area contributed by atoms with Gasteiger partial charge >= 0.3 is 5.82 Å². The van der Waals surface area contributed by atoms with Gasteiger partial charge in [-0.15, -0.1) is 0 Å². The fraction of sp³-hybridized carbons (Fsp3) is 0.444. The van der Waals surface area contributed by atoms with E-state index in [0.717, 1.165) is 6.42 Å². The van der Waals surface area contributed by atoms with E-state index in [9.17, 15) is 10.1 Å². The summed E-state index contributed by atoms with van der Waals surface area (Å²) in [6.07, 6.45) is 2.51. The number of aromatic nitrogens is 1. The molecule has 0 bridgehead atoms. The van der Waals surface area contributed by atoms with Crippen molar-refractivity contribution in [2.45, 2.75) is 19.4 Å². The van der Waals surface area contributed by atoms with Gasteiger partial charge in [-0.3, -0.25) is 0 Å². The standard InChI is InChI=1S/C9H11N3O2/c1-6-5-8(6)11-7-3-2-4-10-9(7)12(13)14/h2-4,6,8,11H,5H2,1H3. The molecule has 5 heteroatoms. The lowest BCUT2D eigenvalue weighted by molar-refractivity contribution is -0.388. The molecule has 1 saturated carbocycles. The van der Waals surface area contributed by atoms with Gasteiger partial charge in [0, 0.05) is 6.04 Å². The van der Waals surface area contributed by atoms with Gasteiger partial charge in [0.05, 0.1) is 0 Å². The van der Waals surface area contributed by atoms with Crippen molar-refractivity contribution in [2.24, 2.45) is 5.92 Å². The second-order valence-corrected chi connectivity index (χ2v) is 3.60. The normalized spacial score (nSPS) is 24.4. The monoisotopic (exact) mass is 193 g/mol. The first-order chi connectivity index (χ1) is 6.68. The number of hydrogen-bond acceptors (Lipinski definition) is 4. The Balaban J connectivity index is 2.19. The van der Waals surface area contributed by atoms with Gasteiger partial charge in [0.2, 0.25) is 0 Å². The molecule has 1 heterocycles. The van der Waals surface area contributed by atoms with Gasteiger partial charge in [-0.25, -0.2) is 0 Å². The van der Waals surface area contributed by atoms with Crippen molar-refractivity contribution in [2.75, 3.05) is 5.32 Å². The van der Waals surface area contributed by atoms with E-state index in [4.69, 9.17) is 0 Å². The minimum absolute atomic E-state index is 0.0911. The highest BCUT2D eigenvalue weighted by Crippen LogP contribution is 2.34. The summed E-state index contributed by atoms with van der Waals surface area (Å²) in [6, 6.07) is 3.76. The first kappa shape index (κ1) is 8.93.